The van der Waals surface area contributed by atoms with Crippen LogP contribution in [-0.2, 0) is 14.3 Å². The smallest absolute Gasteiger partial charge is 0.254 e. The molecule has 2 unspecified atom stereocenters. The van der Waals surface area contributed by atoms with Gasteiger partial charge in [-0.05, 0) is 82.5 Å². The second-order valence-corrected chi connectivity index (χ2v) is 13.6. The molecule has 3 aliphatic rings. The molecule has 0 saturated carbocycles. The highest BCUT2D eigenvalue weighted by molar-refractivity contribution is 5.99. The minimum absolute atomic E-state index is 0.0159. The fourth-order valence-electron chi connectivity index (χ4n) is 5.32. The van der Waals surface area contributed by atoms with E-state index in [1.807, 2.05) is 31.7 Å². The highest BCUT2D eigenvalue weighted by Crippen LogP contribution is 2.25. The van der Waals surface area contributed by atoms with Gasteiger partial charge in [-0.1, -0.05) is 39.0 Å². The first-order chi connectivity index (χ1) is 20.3. The molecule has 1 fully saturated rings. The predicted octanol–water partition coefficient (Wildman–Crippen LogP) is 3.49. The normalized spacial score (nSPS) is 21.7. The van der Waals surface area contributed by atoms with Gasteiger partial charge in [0.25, 0.3) is 5.91 Å². The molecular formula is C34H61N5O4. The van der Waals surface area contributed by atoms with Crippen LogP contribution in [0.5, 0.6) is 0 Å². The van der Waals surface area contributed by atoms with Gasteiger partial charge in [-0.2, -0.15) is 0 Å². The van der Waals surface area contributed by atoms with Crippen LogP contribution in [0.15, 0.2) is 34.9 Å². The number of amides is 2. The van der Waals surface area contributed by atoms with Crippen LogP contribution >= 0.6 is 0 Å². The van der Waals surface area contributed by atoms with Crippen molar-refractivity contribution in [2.45, 2.75) is 98.3 Å². The molecule has 1 aliphatic carbocycles. The van der Waals surface area contributed by atoms with E-state index in [0.717, 1.165) is 94.8 Å². The number of unbranched alkanes of at least 4 members (excludes halogenated alkanes) is 1. The fourth-order valence-corrected chi connectivity index (χ4v) is 5.32. The number of carbonyl (C=O) groups is 2. The van der Waals surface area contributed by atoms with Crippen LogP contribution in [0.3, 0.4) is 0 Å². The Balaban J connectivity index is 0.000000973. The van der Waals surface area contributed by atoms with E-state index in [4.69, 9.17) is 10.5 Å². The largest absolute Gasteiger partial charge is 0.389 e. The number of piperazine rings is 1. The fraction of sp³-hybridized carbons (Fsp3) is 0.765. The van der Waals surface area contributed by atoms with E-state index in [1.165, 1.54) is 0 Å². The van der Waals surface area contributed by atoms with E-state index in [2.05, 4.69) is 48.0 Å². The molecule has 2 amide bonds. The number of rotatable bonds is 14. The maximum absolute atomic E-state index is 12.9. The summed E-state index contributed by atoms with van der Waals surface area (Å²) in [7, 11) is 1.64. The number of hydrogen-bond donors (Lipinski definition) is 3. The molecule has 2 heterocycles. The van der Waals surface area contributed by atoms with Crippen LogP contribution in [0, 0.1) is 5.41 Å². The van der Waals surface area contributed by atoms with Crippen molar-refractivity contribution in [3.05, 3.63) is 34.9 Å². The summed E-state index contributed by atoms with van der Waals surface area (Å²) in [6.07, 6.45) is 11.3. The van der Waals surface area contributed by atoms with Gasteiger partial charge in [0, 0.05) is 71.0 Å². The van der Waals surface area contributed by atoms with Crippen LogP contribution < -0.4 is 11.1 Å². The van der Waals surface area contributed by atoms with Gasteiger partial charge in [0.15, 0.2) is 0 Å². The first-order valence-corrected chi connectivity index (χ1v) is 16.4. The summed E-state index contributed by atoms with van der Waals surface area (Å²) in [6.45, 7) is 20.7. The summed E-state index contributed by atoms with van der Waals surface area (Å²) in [5.74, 6) is 0.0988. The zero-order valence-corrected chi connectivity index (χ0v) is 28.2. The second kappa shape index (κ2) is 18.7. The molecular weight excluding hydrogens is 542 g/mol. The molecule has 0 aromatic heterocycles. The molecule has 0 aromatic rings. The topological polar surface area (TPSA) is 111 Å². The van der Waals surface area contributed by atoms with Crippen LogP contribution in [0.4, 0.5) is 0 Å². The average molecular weight is 604 g/mol. The molecule has 0 bridgehead atoms. The van der Waals surface area contributed by atoms with Gasteiger partial charge in [0.1, 0.15) is 0 Å². The van der Waals surface area contributed by atoms with Crippen molar-refractivity contribution in [2.75, 3.05) is 66.0 Å². The Hall–Kier alpha value is -2.04. The first-order valence-electron chi connectivity index (χ1n) is 16.4. The number of carbonyl (C=O) groups excluding carboxylic acids is 2. The van der Waals surface area contributed by atoms with Gasteiger partial charge >= 0.3 is 0 Å². The Bertz CT molecular complexity index is 960. The summed E-state index contributed by atoms with van der Waals surface area (Å²) in [6, 6.07) is 0.0490. The lowest BCUT2D eigenvalue weighted by Gasteiger charge is -2.34. The Morgan fingerprint density at radius 2 is 1.84 bits per heavy atom. The molecule has 0 aromatic carbocycles. The van der Waals surface area contributed by atoms with Crippen LogP contribution in [-0.4, -0.2) is 116 Å². The number of aliphatic hydroxyl groups excluding tert-OH is 1. The molecule has 0 radical (unpaired) electrons. The zero-order chi connectivity index (χ0) is 32.0. The van der Waals surface area contributed by atoms with Crippen molar-refractivity contribution in [2.24, 2.45) is 11.1 Å². The van der Waals surface area contributed by atoms with Gasteiger partial charge in [0.05, 0.1) is 12.2 Å². The van der Waals surface area contributed by atoms with E-state index in [9.17, 15) is 14.7 Å². The lowest BCUT2D eigenvalue weighted by molar-refractivity contribution is -0.128. The lowest BCUT2D eigenvalue weighted by atomic mass is 9.98. The van der Waals surface area contributed by atoms with Gasteiger partial charge in [0.2, 0.25) is 5.91 Å². The third-order valence-corrected chi connectivity index (χ3v) is 8.55. The molecule has 2 aliphatic heterocycles. The number of nitrogens with zero attached hydrogens (tertiary/aromatic N) is 3. The Morgan fingerprint density at radius 3 is 2.42 bits per heavy atom. The van der Waals surface area contributed by atoms with E-state index in [-0.39, 0.29) is 30.1 Å². The number of hydrogen-bond acceptors (Lipinski definition) is 7. The molecule has 3 atom stereocenters. The summed E-state index contributed by atoms with van der Waals surface area (Å²) in [5, 5.41) is 12.3. The van der Waals surface area contributed by atoms with Crippen LogP contribution in [0.25, 0.3) is 0 Å². The first kappa shape index (κ1) is 37.1. The number of ether oxygens (including phenoxy) is 1. The monoisotopic (exact) mass is 603 g/mol. The van der Waals surface area contributed by atoms with Crippen molar-refractivity contribution in [3.8, 4) is 0 Å². The third kappa shape index (κ3) is 13.6. The van der Waals surface area contributed by atoms with Crippen molar-refractivity contribution in [3.63, 3.8) is 0 Å². The van der Waals surface area contributed by atoms with Crippen molar-refractivity contribution >= 4 is 11.8 Å². The van der Waals surface area contributed by atoms with Crippen LogP contribution in [0.2, 0.25) is 0 Å². The minimum Gasteiger partial charge on any atom is -0.389 e. The van der Waals surface area contributed by atoms with Gasteiger partial charge in [-0.3, -0.25) is 14.5 Å². The number of aliphatic hydroxyl groups is 1. The SMILES string of the molecule is CC(C)(C)CN.CNC(=O)CCC(C)N1CC(C)=C(/C=C\CN2CCN(CCCCOC3CC=C([C@@H](C)O)C3)CC2)C1=O. The standard InChI is InChI=1S/C29H48N4O4.C5H13N/c1-22-21-33(23(2)9-12-28(35)30-4)29(36)27(22)8-7-14-32-17-15-31(16-18-32)13-5-6-19-37-26-11-10-25(20-26)24(3)34;1-5(2,3)4-6/h7-8,10,23-24,26,34H,5-6,9,11-21H2,1-4H3,(H,30,35);4,6H2,1-3H3/b8-7-;/t23?,24-,26?;/m1./s1. The van der Waals surface area contributed by atoms with Crippen molar-refractivity contribution in [1.29, 1.82) is 0 Å². The van der Waals surface area contributed by atoms with Gasteiger partial charge in [-0.15, -0.1) is 0 Å². The molecule has 43 heavy (non-hydrogen) atoms. The summed E-state index contributed by atoms with van der Waals surface area (Å²) < 4.78 is 5.99. The molecule has 4 N–H and O–H groups in total. The highest BCUT2D eigenvalue weighted by atomic mass is 16.5. The number of nitrogens with one attached hydrogen (secondary N) is 1. The second-order valence-electron chi connectivity index (χ2n) is 13.6. The third-order valence-electron chi connectivity index (χ3n) is 8.55. The predicted molar refractivity (Wildman–Crippen MR) is 176 cm³/mol. The Morgan fingerprint density at radius 1 is 1.19 bits per heavy atom. The van der Waals surface area contributed by atoms with Crippen molar-refractivity contribution in [1.82, 2.24) is 20.0 Å². The lowest BCUT2D eigenvalue weighted by Crippen LogP contribution is -2.46. The van der Waals surface area contributed by atoms with Gasteiger partial charge in [-0.25, -0.2) is 0 Å². The molecule has 9 nitrogen and oxygen atoms in total. The Labute approximate surface area is 261 Å². The van der Waals surface area contributed by atoms with E-state index < -0.39 is 0 Å². The zero-order valence-electron chi connectivity index (χ0n) is 28.2. The summed E-state index contributed by atoms with van der Waals surface area (Å²) in [5.41, 5.74) is 8.66. The minimum atomic E-state index is -0.347. The highest BCUT2D eigenvalue weighted by Gasteiger charge is 2.30. The van der Waals surface area contributed by atoms with E-state index >= 15 is 0 Å². The quantitative estimate of drug-likeness (QED) is 0.206. The van der Waals surface area contributed by atoms with E-state index in [1.54, 1.807) is 7.05 Å². The molecule has 1 saturated heterocycles. The maximum Gasteiger partial charge on any atom is 0.254 e. The molecule has 9 heteroatoms. The van der Waals surface area contributed by atoms with Crippen molar-refractivity contribution < 1.29 is 19.4 Å². The van der Waals surface area contributed by atoms with E-state index in [0.29, 0.717) is 24.8 Å². The molecule has 0 spiro atoms. The van der Waals surface area contributed by atoms with Crippen LogP contribution in [0.1, 0.15) is 80.1 Å². The number of nitrogens with two attached hydrogens (primary N) is 1. The molecule has 246 valence electrons. The summed E-state index contributed by atoms with van der Waals surface area (Å²) in [4.78, 5) is 31.4. The molecule has 3 rings (SSSR count). The van der Waals surface area contributed by atoms with Gasteiger partial charge < -0.3 is 30.7 Å². The maximum atomic E-state index is 12.9. The average Bonchev–Trinajstić information content (AvgIpc) is 3.56. The Kier molecular flexibility index (Phi) is 16.2. The summed E-state index contributed by atoms with van der Waals surface area (Å²) >= 11 is 0.